The zero-order valence-corrected chi connectivity index (χ0v) is 11.0. The molecule has 7 heteroatoms. The molecule has 5 nitrogen and oxygen atoms in total. The van der Waals surface area contributed by atoms with Crippen LogP contribution in [0.1, 0.15) is 17.3 Å². The molecule has 0 unspecified atom stereocenters. The lowest BCUT2D eigenvalue weighted by Crippen LogP contribution is -1.97. The minimum absolute atomic E-state index is 0.133. The molecule has 0 heterocycles. The van der Waals surface area contributed by atoms with Crippen molar-refractivity contribution in [1.29, 1.82) is 0 Å². The number of carbonyl (C=O) groups excluding carboxylic acids is 1. The summed E-state index contributed by atoms with van der Waals surface area (Å²) in [6.07, 6.45) is 0. The summed E-state index contributed by atoms with van der Waals surface area (Å²) in [6, 6.07) is 8.76. The Morgan fingerprint density at radius 3 is 2.14 bits per heavy atom. The molecule has 0 aliphatic rings. The molecule has 0 spiro atoms. The molecule has 0 radical (unpaired) electrons. The number of nitrogens with two attached hydrogens (primary N) is 1. The first kappa shape index (κ1) is 16.2. The second kappa shape index (κ2) is 7.09. The molecule has 0 amide bonds. The first-order chi connectivity index (χ1) is 9.81. The summed E-state index contributed by atoms with van der Waals surface area (Å²) < 4.78 is 24.8. The molecule has 0 atom stereocenters. The molecule has 0 bridgehead atoms. The molecule has 0 aliphatic carbocycles. The number of benzene rings is 2. The second-order valence-corrected chi connectivity index (χ2v) is 4.03. The lowest BCUT2D eigenvalue weighted by Gasteiger charge is -1.96. The molecular formula is C14H12F2N2O3. The Bertz CT molecular complexity index is 637. The molecular weight excluding hydrogens is 282 g/mol. The number of hydrogen-bond donors (Lipinski definition) is 1. The Balaban J connectivity index is 0.000000235. The number of hydrogen-bond acceptors (Lipinski definition) is 4. The molecule has 0 aromatic heterocycles. The van der Waals surface area contributed by atoms with Gasteiger partial charge in [0.1, 0.15) is 5.82 Å². The van der Waals surface area contributed by atoms with Crippen molar-refractivity contribution >= 4 is 17.2 Å². The van der Waals surface area contributed by atoms with Gasteiger partial charge in [-0.25, -0.2) is 4.39 Å². The van der Waals surface area contributed by atoms with Crippen LogP contribution in [0.3, 0.4) is 0 Å². The molecule has 2 N–H and O–H groups in total. The SMILES string of the molecule is CC(=O)c1ccc(F)c([N+](=O)[O-])c1.Nc1ccc(F)cc1. The lowest BCUT2D eigenvalue weighted by atomic mass is 10.1. The van der Waals surface area contributed by atoms with Gasteiger partial charge in [0.2, 0.25) is 5.82 Å². The summed E-state index contributed by atoms with van der Waals surface area (Å²) in [5.41, 5.74) is 5.31. The molecule has 2 rings (SSSR count). The van der Waals surface area contributed by atoms with Crippen LogP contribution in [0.5, 0.6) is 0 Å². The van der Waals surface area contributed by atoms with Crippen LogP contribution in [0.15, 0.2) is 42.5 Å². The van der Waals surface area contributed by atoms with Gasteiger partial charge in [0.25, 0.3) is 0 Å². The third-order valence-electron chi connectivity index (χ3n) is 2.42. The Kier molecular flexibility index (Phi) is 5.48. The van der Waals surface area contributed by atoms with Crippen molar-refractivity contribution in [1.82, 2.24) is 0 Å². The van der Waals surface area contributed by atoms with Crippen LogP contribution < -0.4 is 5.73 Å². The summed E-state index contributed by atoms with van der Waals surface area (Å²) in [7, 11) is 0. The van der Waals surface area contributed by atoms with E-state index in [2.05, 4.69) is 0 Å². The van der Waals surface area contributed by atoms with Crippen LogP contribution in [0.2, 0.25) is 0 Å². The molecule has 110 valence electrons. The van der Waals surface area contributed by atoms with Gasteiger partial charge in [-0.1, -0.05) is 0 Å². The zero-order valence-electron chi connectivity index (χ0n) is 11.0. The summed E-state index contributed by atoms with van der Waals surface area (Å²) in [5.74, 6) is -1.52. The van der Waals surface area contributed by atoms with E-state index in [0.717, 1.165) is 12.1 Å². The van der Waals surface area contributed by atoms with E-state index in [1.807, 2.05) is 0 Å². The van der Waals surface area contributed by atoms with Crippen LogP contribution >= 0.6 is 0 Å². The minimum Gasteiger partial charge on any atom is -0.399 e. The Morgan fingerprint density at radius 1 is 1.14 bits per heavy atom. The first-order valence-corrected chi connectivity index (χ1v) is 5.77. The smallest absolute Gasteiger partial charge is 0.305 e. The second-order valence-electron chi connectivity index (χ2n) is 4.03. The molecule has 0 aliphatic heterocycles. The van der Waals surface area contributed by atoms with Crippen LogP contribution in [0.25, 0.3) is 0 Å². The average Bonchev–Trinajstić information content (AvgIpc) is 2.42. The van der Waals surface area contributed by atoms with Crippen LogP contribution in [-0.4, -0.2) is 10.7 Å². The average molecular weight is 294 g/mol. The van der Waals surface area contributed by atoms with Gasteiger partial charge < -0.3 is 5.73 Å². The molecule has 2 aromatic rings. The van der Waals surface area contributed by atoms with E-state index in [1.54, 1.807) is 0 Å². The van der Waals surface area contributed by atoms with Gasteiger partial charge in [-0.2, -0.15) is 4.39 Å². The fraction of sp³-hybridized carbons (Fsp3) is 0.0714. The highest BCUT2D eigenvalue weighted by molar-refractivity contribution is 5.94. The van der Waals surface area contributed by atoms with Crippen molar-refractivity contribution in [2.24, 2.45) is 0 Å². The van der Waals surface area contributed by atoms with Gasteiger partial charge in [-0.3, -0.25) is 14.9 Å². The molecule has 0 saturated carbocycles. The monoisotopic (exact) mass is 294 g/mol. The van der Waals surface area contributed by atoms with Crippen molar-refractivity contribution in [3.63, 3.8) is 0 Å². The maximum atomic E-state index is 12.7. The van der Waals surface area contributed by atoms with Crippen LogP contribution in [0.4, 0.5) is 20.2 Å². The van der Waals surface area contributed by atoms with Crippen molar-refractivity contribution in [2.75, 3.05) is 5.73 Å². The van der Waals surface area contributed by atoms with Gasteiger partial charge in [0, 0.05) is 17.3 Å². The summed E-state index contributed by atoms with van der Waals surface area (Å²) >= 11 is 0. The largest absolute Gasteiger partial charge is 0.399 e. The topological polar surface area (TPSA) is 86.2 Å². The van der Waals surface area contributed by atoms with E-state index in [4.69, 9.17) is 5.73 Å². The Morgan fingerprint density at radius 2 is 1.71 bits per heavy atom. The highest BCUT2D eigenvalue weighted by atomic mass is 19.1. The number of rotatable bonds is 2. The summed E-state index contributed by atoms with van der Waals surface area (Å²) in [6.45, 7) is 1.26. The van der Waals surface area contributed by atoms with Crippen LogP contribution in [0, 0.1) is 21.7 Å². The summed E-state index contributed by atoms with van der Waals surface area (Å²) in [5, 5.41) is 10.3. The Hall–Kier alpha value is -2.83. The molecule has 2 aromatic carbocycles. The fourth-order valence-electron chi connectivity index (χ4n) is 1.33. The van der Waals surface area contributed by atoms with Gasteiger partial charge in [0.15, 0.2) is 5.78 Å². The zero-order chi connectivity index (χ0) is 16.0. The van der Waals surface area contributed by atoms with Gasteiger partial charge in [-0.05, 0) is 43.3 Å². The van der Waals surface area contributed by atoms with Crippen molar-refractivity contribution < 1.29 is 18.5 Å². The number of carbonyl (C=O) groups is 1. The van der Waals surface area contributed by atoms with E-state index >= 15 is 0 Å². The fourth-order valence-corrected chi connectivity index (χ4v) is 1.33. The highest BCUT2D eigenvalue weighted by Gasteiger charge is 2.15. The Labute approximate surface area is 119 Å². The molecule has 0 fully saturated rings. The number of nitro groups is 1. The third-order valence-corrected chi connectivity index (χ3v) is 2.42. The third kappa shape index (κ3) is 4.98. The van der Waals surface area contributed by atoms with Gasteiger partial charge in [0.05, 0.1) is 4.92 Å². The summed E-state index contributed by atoms with van der Waals surface area (Å²) in [4.78, 5) is 20.2. The van der Waals surface area contributed by atoms with E-state index in [0.29, 0.717) is 5.69 Å². The van der Waals surface area contributed by atoms with E-state index in [1.165, 1.54) is 37.3 Å². The van der Waals surface area contributed by atoms with Gasteiger partial charge >= 0.3 is 5.69 Å². The van der Waals surface area contributed by atoms with E-state index in [9.17, 15) is 23.7 Å². The van der Waals surface area contributed by atoms with E-state index in [-0.39, 0.29) is 17.2 Å². The highest BCUT2D eigenvalue weighted by Crippen LogP contribution is 2.18. The molecule has 0 saturated heterocycles. The predicted octanol–water partition coefficient (Wildman–Crippen LogP) is 3.34. The predicted molar refractivity (Wildman–Crippen MR) is 73.9 cm³/mol. The van der Waals surface area contributed by atoms with E-state index < -0.39 is 16.4 Å². The maximum Gasteiger partial charge on any atom is 0.305 e. The number of halogens is 2. The van der Waals surface area contributed by atoms with Gasteiger partial charge in [-0.15, -0.1) is 0 Å². The quantitative estimate of drug-likeness (QED) is 0.398. The lowest BCUT2D eigenvalue weighted by molar-refractivity contribution is -0.387. The number of anilines is 1. The number of Topliss-reactive ketones (excluding diaryl/α,β-unsaturated/α-hetero) is 1. The number of nitrogen functional groups attached to an aromatic ring is 1. The first-order valence-electron chi connectivity index (χ1n) is 5.77. The standard InChI is InChI=1S/C8H6FNO3.C6H6FN/c1-5(11)6-2-3-7(9)8(4-6)10(12)13;7-5-1-3-6(8)4-2-5/h2-4H,1H3;1-4H,8H2. The maximum absolute atomic E-state index is 12.7. The van der Waals surface area contributed by atoms with Crippen molar-refractivity contribution in [3.8, 4) is 0 Å². The van der Waals surface area contributed by atoms with Crippen molar-refractivity contribution in [2.45, 2.75) is 6.92 Å². The minimum atomic E-state index is -0.935. The number of nitrogens with zero attached hydrogens (tertiary/aromatic N) is 1. The van der Waals surface area contributed by atoms with Crippen LogP contribution in [-0.2, 0) is 0 Å². The normalized spacial score (nSPS) is 9.48. The van der Waals surface area contributed by atoms with Crippen molar-refractivity contribution in [3.05, 3.63) is 69.8 Å². The number of ketones is 1. The molecule has 21 heavy (non-hydrogen) atoms. The number of nitro benzene ring substituents is 1.